The molecule has 3 heterocycles. The van der Waals surface area contributed by atoms with Gasteiger partial charge in [0.15, 0.2) is 5.13 Å². The van der Waals surface area contributed by atoms with E-state index in [2.05, 4.69) is 21.3 Å². The van der Waals surface area contributed by atoms with Gasteiger partial charge in [-0.3, -0.25) is 4.79 Å². The molecule has 3 aromatic rings. The summed E-state index contributed by atoms with van der Waals surface area (Å²) in [4.78, 5) is 20.8. The number of hydrogen-bond donors (Lipinski definition) is 1. The van der Waals surface area contributed by atoms with Crippen LogP contribution in [-0.2, 0) is 4.74 Å². The molecular weight excluding hydrogens is 356 g/mol. The number of nitrogens with zero attached hydrogens (tertiary/aromatic N) is 3. The highest BCUT2D eigenvalue weighted by Gasteiger charge is 2.18. The molecule has 1 amide bonds. The zero-order chi connectivity index (χ0) is 17.2. The highest BCUT2D eigenvalue weighted by Crippen LogP contribution is 2.35. The summed E-state index contributed by atoms with van der Waals surface area (Å²) in [5.74, 6) is -0.159. The van der Waals surface area contributed by atoms with Crippen LogP contribution in [0.3, 0.4) is 0 Å². The normalized spacial score (nSPS) is 14.4. The van der Waals surface area contributed by atoms with E-state index in [9.17, 15) is 4.79 Å². The minimum absolute atomic E-state index is 0.159. The fourth-order valence-corrected chi connectivity index (χ4v) is 4.70. The van der Waals surface area contributed by atoms with Crippen molar-refractivity contribution in [3.05, 3.63) is 40.8 Å². The van der Waals surface area contributed by atoms with Gasteiger partial charge in [-0.25, -0.2) is 4.98 Å². The lowest BCUT2D eigenvalue weighted by atomic mass is 10.2. The Morgan fingerprint density at radius 1 is 1.24 bits per heavy atom. The third-order valence-corrected chi connectivity index (χ3v) is 6.08. The van der Waals surface area contributed by atoms with Gasteiger partial charge in [0.1, 0.15) is 4.83 Å². The van der Waals surface area contributed by atoms with Crippen LogP contribution in [0.2, 0.25) is 0 Å². The Balaban J connectivity index is 1.50. The maximum absolute atomic E-state index is 12.4. The Hall–Kier alpha value is -2.47. The Morgan fingerprint density at radius 2 is 2.00 bits per heavy atom. The smallest absolute Gasteiger partial charge is 0.265 e. The Kier molecular flexibility index (Phi) is 4.36. The van der Waals surface area contributed by atoms with Crippen molar-refractivity contribution in [1.29, 1.82) is 5.26 Å². The van der Waals surface area contributed by atoms with E-state index < -0.39 is 0 Å². The van der Waals surface area contributed by atoms with Crippen LogP contribution >= 0.6 is 22.7 Å². The third-order valence-electron chi connectivity index (χ3n) is 3.86. The van der Waals surface area contributed by atoms with Crippen LogP contribution in [0.25, 0.3) is 9.53 Å². The van der Waals surface area contributed by atoms with Crippen LogP contribution in [0, 0.1) is 11.3 Å². The number of benzene rings is 1. The molecule has 1 aliphatic heterocycles. The van der Waals surface area contributed by atoms with Crippen LogP contribution in [0.5, 0.6) is 0 Å². The zero-order valence-corrected chi connectivity index (χ0v) is 14.8. The van der Waals surface area contributed by atoms with E-state index >= 15 is 0 Å². The van der Waals surface area contributed by atoms with Crippen molar-refractivity contribution in [3.8, 4) is 6.07 Å². The van der Waals surface area contributed by atoms with Gasteiger partial charge in [-0.2, -0.15) is 5.26 Å². The lowest BCUT2D eigenvalue weighted by Gasteiger charge is -2.25. The average Bonchev–Trinajstić information content (AvgIpc) is 3.22. The maximum Gasteiger partial charge on any atom is 0.265 e. The van der Waals surface area contributed by atoms with Crippen LogP contribution in [-0.4, -0.2) is 37.2 Å². The molecule has 0 unspecified atom stereocenters. The number of hydrogen-bond acceptors (Lipinski definition) is 7. The number of carbonyl (C=O) groups is 1. The summed E-state index contributed by atoms with van der Waals surface area (Å²) in [6, 6.07) is 10.8. The number of thiophene rings is 1. The van der Waals surface area contributed by atoms with Crippen LogP contribution in [0.1, 0.15) is 15.2 Å². The molecule has 1 aromatic carbocycles. The number of nitriles is 1. The molecule has 6 nitrogen and oxygen atoms in total. The SMILES string of the molecule is N#Cc1ccc(NC(=O)c2cc3sc(N4CCOCC4)nc3s2)cc1. The number of rotatable bonds is 3. The molecule has 0 radical (unpaired) electrons. The molecule has 0 atom stereocenters. The lowest BCUT2D eigenvalue weighted by molar-refractivity contribution is 0.103. The zero-order valence-electron chi connectivity index (χ0n) is 13.2. The number of thiazole rings is 1. The van der Waals surface area contributed by atoms with Gasteiger partial charge in [0, 0.05) is 18.8 Å². The average molecular weight is 370 g/mol. The van der Waals surface area contributed by atoms with E-state index in [-0.39, 0.29) is 5.91 Å². The fraction of sp³-hybridized carbons (Fsp3) is 0.235. The largest absolute Gasteiger partial charge is 0.378 e. The van der Waals surface area contributed by atoms with Gasteiger partial charge < -0.3 is 15.0 Å². The minimum Gasteiger partial charge on any atom is -0.378 e. The molecule has 8 heteroatoms. The molecule has 126 valence electrons. The number of ether oxygens (including phenoxy) is 1. The van der Waals surface area contributed by atoms with Crippen molar-refractivity contribution >= 4 is 48.9 Å². The summed E-state index contributed by atoms with van der Waals surface area (Å²) in [5.41, 5.74) is 1.23. The number of fused-ring (bicyclic) bond motifs is 1. The quantitative estimate of drug-likeness (QED) is 0.765. The van der Waals surface area contributed by atoms with Crippen molar-refractivity contribution in [3.63, 3.8) is 0 Å². The molecule has 0 bridgehead atoms. The van der Waals surface area contributed by atoms with Crippen LogP contribution < -0.4 is 10.2 Å². The number of amides is 1. The number of aromatic nitrogens is 1. The first-order chi connectivity index (χ1) is 12.2. The summed E-state index contributed by atoms with van der Waals surface area (Å²) in [7, 11) is 0. The molecule has 2 aromatic heterocycles. The van der Waals surface area contributed by atoms with Gasteiger partial charge in [-0.1, -0.05) is 11.3 Å². The van der Waals surface area contributed by atoms with E-state index in [1.165, 1.54) is 11.3 Å². The van der Waals surface area contributed by atoms with Gasteiger partial charge in [0.25, 0.3) is 5.91 Å². The van der Waals surface area contributed by atoms with E-state index in [1.807, 2.05) is 6.07 Å². The summed E-state index contributed by atoms with van der Waals surface area (Å²) in [6.07, 6.45) is 0. The Labute approximate surface area is 152 Å². The van der Waals surface area contributed by atoms with E-state index in [1.54, 1.807) is 35.6 Å². The summed E-state index contributed by atoms with van der Waals surface area (Å²) in [5, 5.41) is 12.6. The Bertz CT molecular complexity index is 918. The monoisotopic (exact) mass is 370 g/mol. The summed E-state index contributed by atoms with van der Waals surface area (Å²) in [6.45, 7) is 3.16. The second-order valence-corrected chi connectivity index (χ2v) is 7.56. The predicted molar refractivity (Wildman–Crippen MR) is 99.6 cm³/mol. The fourth-order valence-electron chi connectivity index (χ4n) is 2.55. The number of carbonyl (C=O) groups excluding carboxylic acids is 1. The highest BCUT2D eigenvalue weighted by atomic mass is 32.1. The molecular formula is C17H14N4O2S2. The molecule has 1 fully saturated rings. The standard InChI is InChI=1S/C17H14N4O2S2/c18-10-11-1-3-12(4-2-11)19-15(22)13-9-14-16(24-13)20-17(25-14)21-5-7-23-8-6-21/h1-4,9H,5-8H2,(H,19,22). The summed E-state index contributed by atoms with van der Waals surface area (Å²) < 4.78 is 6.39. The first-order valence-electron chi connectivity index (χ1n) is 7.77. The van der Waals surface area contributed by atoms with E-state index in [0.29, 0.717) is 16.1 Å². The number of anilines is 2. The summed E-state index contributed by atoms with van der Waals surface area (Å²) >= 11 is 3.00. The number of morpholine rings is 1. The second kappa shape index (κ2) is 6.80. The van der Waals surface area contributed by atoms with Crippen molar-refractivity contribution in [2.24, 2.45) is 0 Å². The molecule has 1 saturated heterocycles. The highest BCUT2D eigenvalue weighted by molar-refractivity contribution is 7.29. The van der Waals surface area contributed by atoms with Gasteiger partial charge in [0.2, 0.25) is 0 Å². The van der Waals surface area contributed by atoms with E-state index in [4.69, 9.17) is 10.00 Å². The second-order valence-electron chi connectivity index (χ2n) is 5.52. The molecule has 4 rings (SSSR count). The topological polar surface area (TPSA) is 78.2 Å². The lowest BCUT2D eigenvalue weighted by Crippen LogP contribution is -2.36. The van der Waals surface area contributed by atoms with Gasteiger partial charge >= 0.3 is 0 Å². The molecule has 0 spiro atoms. The molecule has 1 aliphatic rings. The molecule has 0 saturated carbocycles. The molecule has 1 N–H and O–H groups in total. The van der Waals surface area contributed by atoms with Gasteiger partial charge in [-0.15, -0.1) is 11.3 Å². The minimum atomic E-state index is -0.159. The predicted octanol–water partition coefficient (Wildman–Crippen LogP) is 3.32. The molecule has 0 aliphatic carbocycles. The first kappa shape index (κ1) is 16.0. The van der Waals surface area contributed by atoms with Crippen molar-refractivity contribution in [2.75, 3.05) is 36.5 Å². The van der Waals surface area contributed by atoms with Crippen LogP contribution in [0.4, 0.5) is 10.8 Å². The van der Waals surface area contributed by atoms with Gasteiger partial charge in [0.05, 0.1) is 34.4 Å². The van der Waals surface area contributed by atoms with E-state index in [0.717, 1.165) is 41.0 Å². The number of nitrogens with one attached hydrogen (secondary N) is 1. The van der Waals surface area contributed by atoms with Crippen LogP contribution in [0.15, 0.2) is 30.3 Å². The third kappa shape index (κ3) is 3.35. The Morgan fingerprint density at radius 3 is 2.68 bits per heavy atom. The van der Waals surface area contributed by atoms with Gasteiger partial charge in [-0.05, 0) is 30.3 Å². The maximum atomic E-state index is 12.4. The van der Waals surface area contributed by atoms with Crippen molar-refractivity contribution < 1.29 is 9.53 Å². The molecule has 25 heavy (non-hydrogen) atoms. The first-order valence-corrected chi connectivity index (χ1v) is 9.41. The van der Waals surface area contributed by atoms with Crippen molar-refractivity contribution in [1.82, 2.24) is 4.98 Å². The van der Waals surface area contributed by atoms with Crippen molar-refractivity contribution in [2.45, 2.75) is 0 Å².